The summed E-state index contributed by atoms with van der Waals surface area (Å²) in [6.07, 6.45) is 1.99. The topological polar surface area (TPSA) is 29.9 Å². The maximum atomic E-state index is 12.9. The molecule has 0 spiro atoms. The van der Waals surface area contributed by atoms with Gasteiger partial charge in [0.05, 0.1) is 5.69 Å². The third kappa shape index (κ3) is 3.14. The van der Waals surface area contributed by atoms with Crippen molar-refractivity contribution >= 4 is 0 Å². The molecule has 0 aliphatic carbocycles. The van der Waals surface area contributed by atoms with E-state index in [0.717, 1.165) is 17.8 Å². The van der Waals surface area contributed by atoms with E-state index in [1.54, 1.807) is 16.8 Å². The minimum Gasteiger partial charge on any atom is -0.308 e. The Bertz CT molecular complexity index is 505. The number of aromatic nitrogens is 2. The van der Waals surface area contributed by atoms with Crippen molar-refractivity contribution in [3.63, 3.8) is 0 Å². The zero-order valence-electron chi connectivity index (χ0n) is 10.1. The second-order valence-electron chi connectivity index (χ2n) is 4.15. The van der Waals surface area contributed by atoms with Crippen LogP contribution in [-0.4, -0.2) is 9.78 Å². The number of hydrogen-bond donors (Lipinski definition) is 1. The molecule has 0 saturated carbocycles. The van der Waals surface area contributed by atoms with Gasteiger partial charge < -0.3 is 5.32 Å². The molecule has 0 fully saturated rings. The molecule has 0 atom stereocenters. The molecule has 3 nitrogen and oxygen atoms in total. The number of nitrogens with one attached hydrogen (secondary N) is 1. The Kier molecular flexibility index (Phi) is 3.54. The van der Waals surface area contributed by atoms with Gasteiger partial charge in [0.1, 0.15) is 5.82 Å². The van der Waals surface area contributed by atoms with E-state index in [4.69, 9.17) is 0 Å². The van der Waals surface area contributed by atoms with Gasteiger partial charge in [-0.3, -0.25) is 4.68 Å². The van der Waals surface area contributed by atoms with Gasteiger partial charge in [-0.2, -0.15) is 5.10 Å². The number of halogens is 1. The fourth-order valence-corrected chi connectivity index (χ4v) is 1.81. The van der Waals surface area contributed by atoms with Gasteiger partial charge in [0.2, 0.25) is 0 Å². The Morgan fingerprint density at radius 2 is 2.18 bits per heavy atom. The van der Waals surface area contributed by atoms with Crippen LogP contribution in [0.2, 0.25) is 0 Å². The van der Waals surface area contributed by atoms with Crippen molar-refractivity contribution in [2.75, 3.05) is 0 Å². The number of rotatable bonds is 4. The first-order chi connectivity index (χ1) is 8.15. The first-order valence-corrected chi connectivity index (χ1v) is 5.59. The molecule has 17 heavy (non-hydrogen) atoms. The van der Waals surface area contributed by atoms with Gasteiger partial charge in [-0.05, 0) is 24.6 Å². The van der Waals surface area contributed by atoms with Gasteiger partial charge >= 0.3 is 0 Å². The molecular weight excluding hydrogens is 217 g/mol. The van der Waals surface area contributed by atoms with E-state index in [2.05, 4.69) is 10.4 Å². The average Bonchev–Trinajstić information content (AvgIpc) is 2.58. The third-order valence-corrected chi connectivity index (χ3v) is 2.65. The number of hydrogen-bond acceptors (Lipinski definition) is 2. The standard InChI is InChI=1S/C13H16FN3/c1-10-12(9-17(2)16-10)8-15-7-11-4-3-5-13(14)6-11/h3-6,9,15H,7-8H2,1-2H3. The van der Waals surface area contributed by atoms with Crippen molar-refractivity contribution in [3.8, 4) is 0 Å². The monoisotopic (exact) mass is 233 g/mol. The Hall–Kier alpha value is -1.68. The summed E-state index contributed by atoms with van der Waals surface area (Å²) in [5.74, 6) is -0.193. The molecule has 0 saturated heterocycles. The van der Waals surface area contributed by atoms with Crippen LogP contribution in [0.15, 0.2) is 30.5 Å². The van der Waals surface area contributed by atoms with Crippen molar-refractivity contribution in [1.29, 1.82) is 0 Å². The summed E-state index contributed by atoms with van der Waals surface area (Å²) in [7, 11) is 1.91. The highest BCUT2D eigenvalue weighted by molar-refractivity contribution is 5.17. The average molecular weight is 233 g/mol. The minimum atomic E-state index is -0.193. The highest BCUT2D eigenvalue weighted by Crippen LogP contribution is 2.06. The molecule has 1 heterocycles. The van der Waals surface area contributed by atoms with Crippen LogP contribution in [0.1, 0.15) is 16.8 Å². The molecule has 0 radical (unpaired) electrons. The summed E-state index contributed by atoms with van der Waals surface area (Å²) in [4.78, 5) is 0. The van der Waals surface area contributed by atoms with Gasteiger partial charge in [-0.25, -0.2) is 4.39 Å². The highest BCUT2D eigenvalue weighted by atomic mass is 19.1. The van der Waals surface area contributed by atoms with Gasteiger partial charge in [-0.1, -0.05) is 12.1 Å². The lowest BCUT2D eigenvalue weighted by atomic mass is 10.2. The summed E-state index contributed by atoms with van der Waals surface area (Å²) in [5.41, 5.74) is 3.15. The van der Waals surface area contributed by atoms with Crippen LogP contribution in [0.4, 0.5) is 4.39 Å². The lowest BCUT2D eigenvalue weighted by Crippen LogP contribution is -2.13. The van der Waals surface area contributed by atoms with Crippen LogP contribution in [0.25, 0.3) is 0 Å². The zero-order chi connectivity index (χ0) is 12.3. The van der Waals surface area contributed by atoms with Crippen molar-refractivity contribution < 1.29 is 4.39 Å². The van der Waals surface area contributed by atoms with E-state index < -0.39 is 0 Å². The molecule has 2 rings (SSSR count). The minimum absolute atomic E-state index is 0.193. The van der Waals surface area contributed by atoms with E-state index in [-0.39, 0.29) is 5.82 Å². The van der Waals surface area contributed by atoms with E-state index in [0.29, 0.717) is 6.54 Å². The Balaban J connectivity index is 1.89. The molecule has 1 aromatic heterocycles. The van der Waals surface area contributed by atoms with E-state index in [1.807, 2.05) is 26.2 Å². The molecule has 0 amide bonds. The van der Waals surface area contributed by atoms with E-state index in [9.17, 15) is 4.39 Å². The van der Waals surface area contributed by atoms with Gasteiger partial charge in [-0.15, -0.1) is 0 Å². The Labute approximate surface area is 100 Å². The SMILES string of the molecule is Cc1nn(C)cc1CNCc1cccc(F)c1. The Morgan fingerprint density at radius 3 is 2.82 bits per heavy atom. The molecule has 2 aromatic rings. The molecule has 90 valence electrons. The van der Waals surface area contributed by atoms with Crippen molar-refractivity contribution in [2.24, 2.45) is 7.05 Å². The second-order valence-corrected chi connectivity index (χ2v) is 4.15. The lowest BCUT2D eigenvalue weighted by Gasteiger charge is -2.04. The Morgan fingerprint density at radius 1 is 1.35 bits per heavy atom. The molecule has 0 unspecified atom stereocenters. The molecule has 0 aliphatic rings. The predicted octanol–water partition coefficient (Wildman–Crippen LogP) is 2.16. The zero-order valence-corrected chi connectivity index (χ0v) is 10.1. The fourth-order valence-electron chi connectivity index (χ4n) is 1.81. The summed E-state index contributed by atoms with van der Waals surface area (Å²) < 4.78 is 14.7. The van der Waals surface area contributed by atoms with Crippen LogP contribution >= 0.6 is 0 Å². The van der Waals surface area contributed by atoms with Gasteiger partial charge in [0.15, 0.2) is 0 Å². The summed E-state index contributed by atoms with van der Waals surface area (Å²) in [6.45, 7) is 3.39. The first-order valence-electron chi connectivity index (χ1n) is 5.59. The number of nitrogens with zero attached hydrogens (tertiary/aromatic N) is 2. The van der Waals surface area contributed by atoms with Crippen LogP contribution < -0.4 is 5.32 Å². The van der Waals surface area contributed by atoms with Crippen LogP contribution in [0.3, 0.4) is 0 Å². The normalized spacial score (nSPS) is 10.8. The fraction of sp³-hybridized carbons (Fsp3) is 0.308. The molecule has 1 aromatic carbocycles. The van der Waals surface area contributed by atoms with Gasteiger partial charge in [0.25, 0.3) is 0 Å². The summed E-state index contributed by atoms with van der Waals surface area (Å²) >= 11 is 0. The molecule has 4 heteroatoms. The lowest BCUT2D eigenvalue weighted by molar-refractivity contribution is 0.620. The van der Waals surface area contributed by atoms with Crippen molar-refractivity contribution in [3.05, 3.63) is 53.1 Å². The summed E-state index contributed by atoms with van der Waals surface area (Å²) in [6, 6.07) is 6.63. The quantitative estimate of drug-likeness (QED) is 0.877. The van der Waals surface area contributed by atoms with E-state index >= 15 is 0 Å². The smallest absolute Gasteiger partial charge is 0.123 e. The van der Waals surface area contributed by atoms with Crippen molar-refractivity contribution in [2.45, 2.75) is 20.0 Å². The van der Waals surface area contributed by atoms with E-state index in [1.165, 1.54) is 11.6 Å². The molecule has 0 aliphatic heterocycles. The van der Waals surface area contributed by atoms with Crippen LogP contribution in [0, 0.1) is 12.7 Å². The maximum Gasteiger partial charge on any atom is 0.123 e. The molecule has 0 bridgehead atoms. The molecule has 1 N–H and O–H groups in total. The third-order valence-electron chi connectivity index (χ3n) is 2.65. The first kappa shape index (κ1) is 11.8. The predicted molar refractivity (Wildman–Crippen MR) is 64.9 cm³/mol. The maximum absolute atomic E-state index is 12.9. The molecular formula is C13H16FN3. The van der Waals surface area contributed by atoms with Crippen LogP contribution in [-0.2, 0) is 20.1 Å². The number of aryl methyl sites for hydroxylation is 2. The van der Waals surface area contributed by atoms with Gasteiger partial charge in [0, 0.05) is 31.9 Å². The summed E-state index contributed by atoms with van der Waals surface area (Å²) in [5, 5.41) is 7.55. The second kappa shape index (κ2) is 5.10. The highest BCUT2D eigenvalue weighted by Gasteiger charge is 2.02. The number of benzene rings is 1. The van der Waals surface area contributed by atoms with Crippen molar-refractivity contribution in [1.82, 2.24) is 15.1 Å². The largest absolute Gasteiger partial charge is 0.308 e. The van der Waals surface area contributed by atoms with Crippen LogP contribution in [0.5, 0.6) is 0 Å².